The van der Waals surface area contributed by atoms with Gasteiger partial charge in [0, 0.05) is 24.7 Å². The summed E-state index contributed by atoms with van der Waals surface area (Å²) in [6.45, 7) is 17.1. The number of methoxy groups -OCH3 is 2. The van der Waals surface area contributed by atoms with Gasteiger partial charge in [-0.3, -0.25) is 9.59 Å². The molecule has 0 aromatic heterocycles. The number of rotatable bonds is 10. The average Bonchev–Trinajstić information content (AvgIpc) is 3.83. The van der Waals surface area contributed by atoms with E-state index in [9.17, 15) is 30.0 Å². The number of aliphatic hydroxyl groups excluding tert-OH is 4. The third-order valence-corrected chi connectivity index (χ3v) is 22.5. The fourth-order valence-corrected chi connectivity index (χ4v) is 19.3. The molecule has 8 unspecified atom stereocenters. The molecule has 66 heavy (non-hydrogen) atoms. The molecule has 0 spiro atoms. The van der Waals surface area contributed by atoms with E-state index in [0.29, 0.717) is 74.0 Å². The fourth-order valence-electron chi connectivity index (χ4n) is 19.3. The van der Waals surface area contributed by atoms with Crippen LogP contribution < -0.4 is 0 Å². The van der Waals surface area contributed by atoms with Gasteiger partial charge < -0.3 is 29.9 Å². The molecule has 0 amide bonds. The van der Waals surface area contributed by atoms with Crippen molar-refractivity contribution < 1.29 is 57.1 Å². The van der Waals surface area contributed by atoms with Crippen LogP contribution in [0.1, 0.15) is 171 Å². The first kappa shape index (κ1) is 52.3. The Morgan fingerprint density at radius 3 is 1.17 bits per heavy atom. The molecule has 12 heteroatoms. The van der Waals surface area contributed by atoms with Gasteiger partial charge in [-0.2, -0.15) is 0 Å². The molecular formula is C54H88F4O8. The second-order valence-electron chi connectivity index (χ2n) is 24.8. The summed E-state index contributed by atoms with van der Waals surface area (Å²) >= 11 is 0. The van der Waals surface area contributed by atoms with Gasteiger partial charge in [-0.05, 0) is 183 Å². The highest BCUT2D eigenvalue weighted by Crippen LogP contribution is 2.73. The van der Waals surface area contributed by atoms with E-state index in [1.54, 1.807) is 0 Å². The predicted octanol–water partition coefficient (Wildman–Crippen LogP) is 10.9. The lowest BCUT2D eigenvalue weighted by Crippen LogP contribution is -2.67. The first-order valence-electron chi connectivity index (χ1n) is 26.5. The van der Waals surface area contributed by atoms with Gasteiger partial charge in [0.15, 0.2) is 0 Å². The number of hydrogen-bond acceptors (Lipinski definition) is 8. The van der Waals surface area contributed by atoms with Crippen LogP contribution in [0.25, 0.3) is 0 Å². The van der Waals surface area contributed by atoms with Crippen LogP contribution in [-0.2, 0) is 19.1 Å². The minimum atomic E-state index is -3.15. The largest absolute Gasteiger partial charge is 0.469 e. The van der Waals surface area contributed by atoms with Crippen molar-refractivity contribution in [2.75, 3.05) is 14.2 Å². The molecule has 8 fully saturated rings. The maximum atomic E-state index is 15.4. The van der Waals surface area contributed by atoms with Crippen molar-refractivity contribution in [3.63, 3.8) is 0 Å². The molecular weight excluding hydrogens is 853 g/mol. The number of carbonyl (C=O) groups is 2. The molecule has 22 atom stereocenters. The van der Waals surface area contributed by atoms with Crippen molar-refractivity contribution in [2.45, 2.75) is 207 Å². The van der Waals surface area contributed by atoms with Crippen molar-refractivity contribution in [1.82, 2.24) is 0 Å². The molecule has 8 aliphatic carbocycles. The van der Waals surface area contributed by atoms with E-state index in [1.165, 1.54) is 14.2 Å². The first-order valence-corrected chi connectivity index (χ1v) is 26.5. The van der Waals surface area contributed by atoms with Crippen LogP contribution in [0.2, 0.25) is 0 Å². The summed E-state index contributed by atoms with van der Waals surface area (Å²) < 4.78 is 71.4. The van der Waals surface area contributed by atoms with E-state index in [1.807, 2.05) is 27.7 Å². The van der Waals surface area contributed by atoms with Gasteiger partial charge in [-0.15, -0.1) is 0 Å². The quantitative estimate of drug-likeness (QED) is 0.126. The summed E-state index contributed by atoms with van der Waals surface area (Å²) in [7, 11) is 2.86. The Kier molecular flexibility index (Phi) is 15.0. The topological polar surface area (TPSA) is 134 Å². The van der Waals surface area contributed by atoms with Crippen LogP contribution in [0.3, 0.4) is 0 Å². The van der Waals surface area contributed by atoms with E-state index in [0.717, 1.165) is 64.2 Å². The Hall–Kier alpha value is -1.50. The molecule has 8 rings (SSSR count). The van der Waals surface area contributed by atoms with Crippen LogP contribution >= 0.6 is 0 Å². The van der Waals surface area contributed by atoms with E-state index in [-0.39, 0.29) is 59.3 Å². The SMILES string of the molecule is CC[C@@H]1[C@@H]2C(F)(F)[C@H](O)CC[C@]2(C)C2CC[C@@]3(C)C(CCC3[C@H](C)CCC(=O)OC)C2[C@@H]1O.CC[C@@H]1[C@@H]2C(F)(F)[C@H](O)CC[C@]2(C)C2CC[C@@]3(C)C(CCC3[C@H](C)CCC(=O)OC)C2[C@@H]1O. The zero-order valence-corrected chi connectivity index (χ0v) is 42.1. The maximum absolute atomic E-state index is 15.4. The van der Waals surface area contributed by atoms with Gasteiger partial charge in [0.2, 0.25) is 0 Å². The van der Waals surface area contributed by atoms with E-state index in [2.05, 4.69) is 27.7 Å². The standard InChI is InChI=1S/2C27H44F2O4/c2*1-6-16-23(32)22-18-9-8-17(15(2)7-10-21(31)33-5)25(18,3)13-11-19(22)26(4)14-12-20(30)27(28,29)24(16)26/h2*15-20,22-24,30,32H,6-14H2,1-5H3/t2*15-,16+,17?,18?,19?,20-,22?,23-,24+,25-,26-/m11/s1. The second kappa shape index (κ2) is 18.9. The zero-order chi connectivity index (χ0) is 48.7. The number of aliphatic hydroxyl groups is 4. The predicted molar refractivity (Wildman–Crippen MR) is 245 cm³/mol. The van der Waals surface area contributed by atoms with Crippen molar-refractivity contribution in [3.8, 4) is 0 Å². The molecule has 380 valence electrons. The second-order valence-corrected chi connectivity index (χ2v) is 24.8. The number of alkyl halides is 4. The van der Waals surface area contributed by atoms with Crippen molar-refractivity contribution in [3.05, 3.63) is 0 Å². The highest BCUT2D eigenvalue weighted by Gasteiger charge is 2.73. The number of hydrogen-bond donors (Lipinski definition) is 4. The molecule has 0 saturated heterocycles. The van der Waals surface area contributed by atoms with E-state index < -0.39 is 70.8 Å². The van der Waals surface area contributed by atoms with E-state index in [4.69, 9.17) is 9.47 Å². The number of esters is 2. The molecule has 8 aliphatic rings. The minimum Gasteiger partial charge on any atom is -0.469 e. The van der Waals surface area contributed by atoms with Gasteiger partial charge in [0.1, 0.15) is 12.2 Å². The summed E-state index contributed by atoms with van der Waals surface area (Å²) in [6, 6.07) is 0. The normalized spacial score (nSPS) is 49.5. The fraction of sp³-hybridized carbons (Fsp3) is 0.963. The maximum Gasteiger partial charge on any atom is 0.305 e. The lowest BCUT2D eigenvalue weighted by atomic mass is 9.40. The molecule has 0 radical (unpaired) electrons. The first-order chi connectivity index (χ1) is 30.9. The smallest absolute Gasteiger partial charge is 0.305 e. The number of fused-ring (bicyclic) bond motifs is 10. The Labute approximate surface area is 393 Å². The van der Waals surface area contributed by atoms with Crippen molar-refractivity contribution in [1.29, 1.82) is 0 Å². The molecule has 0 bridgehead atoms. The van der Waals surface area contributed by atoms with Crippen LogP contribution in [0.15, 0.2) is 0 Å². The Balaban J connectivity index is 0.000000196. The summed E-state index contributed by atoms with van der Waals surface area (Å²) in [5, 5.41) is 43.7. The Morgan fingerprint density at radius 2 is 0.848 bits per heavy atom. The van der Waals surface area contributed by atoms with Gasteiger partial charge in [-0.25, -0.2) is 17.6 Å². The summed E-state index contributed by atoms with van der Waals surface area (Å²) in [4.78, 5) is 23.4. The van der Waals surface area contributed by atoms with E-state index >= 15 is 17.6 Å². The zero-order valence-electron chi connectivity index (χ0n) is 42.1. The highest BCUT2D eigenvalue weighted by molar-refractivity contribution is 5.69. The minimum absolute atomic E-state index is 0.0406. The van der Waals surface area contributed by atoms with Crippen molar-refractivity contribution >= 4 is 11.9 Å². The molecule has 0 aromatic rings. The lowest BCUT2D eigenvalue weighted by Gasteiger charge is -2.65. The van der Waals surface area contributed by atoms with Gasteiger partial charge in [0.25, 0.3) is 11.8 Å². The average molecular weight is 941 g/mol. The highest BCUT2D eigenvalue weighted by atomic mass is 19.3. The summed E-state index contributed by atoms with van der Waals surface area (Å²) in [5.41, 5.74) is -0.974. The van der Waals surface area contributed by atoms with Crippen LogP contribution in [0.4, 0.5) is 17.6 Å². The number of carbonyl (C=O) groups excluding carboxylic acids is 2. The van der Waals surface area contributed by atoms with Crippen LogP contribution in [0.5, 0.6) is 0 Å². The van der Waals surface area contributed by atoms with Gasteiger partial charge >= 0.3 is 11.9 Å². The Morgan fingerprint density at radius 1 is 0.530 bits per heavy atom. The van der Waals surface area contributed by atoms with Crippen LogP contribution in [0, 0.1) is 105 Å². The van der Waals surface area contributed by atoms with Crippen molar-refractivity contribution in [2.24, 2.45) is 105 Å². The molecule has 8 nitrogen and oxygen atoms in total. The molecule has 4 N–H and O–H groups in total. The molecule has 0 heterocycles. The summed E-state index contributed by atoms with van der Waals surface area (Å²) in [5.74, 6) is -6.96. The number of halogens is 4. The molecule has 8 saturated carbocycles. The van der Waals surface area contributed by atoms with Gasteiger partial charge in [0.05, 0.1) is 26.4 Å². The monoisotopic (exact) mass is 941 g/mol. The Bertz CT molecular complexity index is 1610. The third kappa shape index (κ3) is 8.13. The van der Waals surface area contributed by atoms with Gasteiger partial charge in [-0.1, -0.05) is 68.2 Å². The number of ether oxygens (including phenoxy) is 2. The lowest BCUT2D eigenvalue weighted by molar-refractivity contribution is -0.286. The molecule has 0 aliphatic heterocycles. The summed E-state index contributed by atoms with van der Waals surface area (Å²) in [6.07, 6.45) is 8.21. The van der Waals surface area contributed by atoms with Crippen LogP contribution in [-0.4, -0.2) is 82.8 Å². The third-order valence-electron chi connectivity index (χ3n) is 22.5. The molecule has 0 aromatic carbocycles.